The first kappa shape index (κ1) is 38.0. The highest BCUT2D eigenvalue weighted by atomic mass is 28.4. The summed E-state index contributed by atoms with van der Waals surface area (Å²) in [5.74, 6) is 6.57. The quantitative estimate of drug-likeness (QED) is 0.148. The fraction of sp³-hybridized carbons (Fsp3) is 0.784. The fourth-order valence-corrected chi connectivity index (χ4v) is 6.81. The predicted octanol–water partition coefficient (Wildman–Crippen LogP) is 8.93. The molecule has 0 radical (unpaired) electrons. The fourth-order valence-electron chi connectivity index (χ4n) is 5.41. The molecule has 1 N–H and O–H groups in total. The molecule has 6 heteroatoms. The summed E-state index contributed by atoms with van der Waals surface area (Å²) >= 11 is 0. The number of rotatable bonds is 16. The Kier molecular flexibility index (Phi) is 15.4. The van der Waals surface area contributed by atoms with Crippen molar-refractivity contribution in [3.05, 3.63) is 35.9 Å². The Balaban J connectivity index is 1.86. The van der Waals surface area contributed by atoms with Crippen LogP contribution >= 0.6 is 0 Å². The molecular weight excluding hydrogens is 552 g/mol. The molecule has 0 aliphatic carbocycles. The van der Waals surface area contributed by atoms with Crippen LogP contribution in [0.1, 0.15) is 113 Å². The van der Waals surface area contributed by atoms with Crippen molar-refractivity contribution in [2.45, 2.75) is 168 Å². The van der Waals surface area contributed by atoms with E-state index in [4.69, 9.17) is 18.6 Å². The Hall–Kier alpha value is -1.20. The van der Waals surface area contributed by atoms with Crippen LogP contribution in [0.5, 0.6) is 0 Å². The molecule has 0 bridgehead atoms. The van der Waals surface area contributed by atoms with Crippen molar-refractivity contribution in [3.63, 3.8) is 0 Å². The summed E-state index contributed by atoms with van der Waals surface area (Å²) < 4.78 is 25.7. The Morgan fingerprint density at radius 3 is 2.30 bits per heavy atom. The van der Waals surface area contributed by atoms with E-state index in [9.17, 15) is 5.11 Å². The second kappa shape index (κ2) is 17.5. The van der Waals surface area contributed by atoms with E-state index in [-0.39, 0.29) is 46.9 Å². The molecule has 246 valence electrons. The van der Waals surface area contributed by atoms with E-state index >= 15 is 0 Å². The molecule has 1 saturated heterocycles. The molecule has 0 amide bonds. The Morgan fingerprint density at radius 1 is 1.02 bits per heavy atom. The van der Waals surface area contributed by atoms with E-state index in [0.29, 0.717) is 19.6 Å². The van der Waals surface area contributed by atoms with Gasteiger partial charge in [-0.15, -0.1) is 5.92 Å². The van der Waals surface area contributed by atoms with E-state index in [1.54, 1.807) is 0 Å². The first-order valence-electron chi connectivity index (χ1n) is 16.8. The highest BCUT2D eigenvalue weighted by molar-refractivity contribution is 6.74. The lowest BCUT2D eigenvalue weighted by molar-refractivity contribution is -0.0984. The highest BCUT2D eigenvalue weighted by Gasteiger charge is 2.40. The summed E-state index contributed by atoms with van der Waals surface area (Å²) in [6.45, 7) is 25.6. The third-order valence-electron chi connectivity index (χ3n) is 9.06. The number of hydrogen-bond acceptors (Lipinski definition) is 5. The van der Waals surface area contributed by atoms with Crippen LogP contribution in [-0.4, -0.2) is 56.2 Å². The van der Waals surface area contributed by atoms with E-state index < -0.39 is 14.4 Å². The van der Waals surface area contributed by atoms with Crippen molar-refractivity contribution in [2.24, 2.45) is 11.8 Å². The molecule has 1 aromatic rings. The molecule has 1 fully saturated rings. The van der Waals surface area contributed by atoms with Gasteiger partial charge in [0, 0.05) is 24.4 Å². The summed E-state index contributed by atoms with van der Waals surface area (Å²) in [7, 11) is -1.83. The van der Waals surface area contributed by atoms with Crippen molar-refractivity contribution >= 4 is 8.32 Å². The van der Waals surface area contributed by atoms with Gasteiger partial charge >= 0.3 is 0 Å². The Labute approximate surface area is 265 Å². The molecular formula is C37H64O5Si. The molecule has 2 rings (SSSR count). The molecule has 7 atom stereocenters. The second-order valence-electron chi connectivity index (χ2n) is 15.3. The van der Waals surface area contributed by atoms with Crippen molar-refractivity contribution in [1.82, 2.24) is 0 Å². The zero-order valence-corrected chi connectivity index (χ0v) is 30.4. The van der Waals surface area contributed by atoms with Crippen LogP contribution in [0.3, 0.4) is 0 Å². The summed E-state index contributed by atoms with van der Waals surface area (Å²) in [6, 6.07) is 10.3. The van der Waals surface area contributed by atoms with Gasteiger partial charge in [-0.2, -0.15) is 0 Å². The number of aliphatic hydroxyl groups excluding tert-OH is 1. The first-order chi connectivity index (χ1) is 20.0. The number of hydrogen-bond donors (Lipinski definition) is 1. The van der Waals surface area contributed by atoms with Gasteiger partial charge in [0.2, 0.25) is 0 Å². The van der Waals surface area contributed by atoms with Crippen molar-refractivity contribution < 1.29 is 23.7 Å². The minimum Gasteiger partial charge on any atom is -0.414 e. The SMILES string of the molecule is CCC[C@@H](C[C@@H]1CC[C@H]([C@@H](C)[C@@H](O)C#CCC[C@@H](OC(C)(C)C)[C@@H](C)COCc2ccccc2)O1)O[Si](C)(C)C(C)(C)C. The summed E-state index contributed by atoms with van der Waals surface area (Å²) in [4.78, 5) is 0. The lowest BCUT2D eigenvalue weighted by Crippen LogP contribution is -2.44. The average molecular weight is 617 g/mol. The van der Waals surface area contributed by atoms with E-state index in [0.717, 1.165) is 38.5 Å². The summed E-state index contributed by atoms with van der Waals surface area (Å²) in [5, 5.41) is 11.1. The highest BCUT2D eigenvalue weighted by Crippen LogP contribution is 2.39. The topological polar surface area (TPSA) is 57.2 Å². The summed E-state index contributed by atoms with van der Waals surface area (Å²) in [5.41, 5.74) is 0.928. The molecule has 1 heterocycles. The van der Waals surface area contributed by atoms with Crippen LogP contribution in [-0.2, 0) is 25.2 Å². The first-order valence-corrected chi connectivity index (χ1v) is 19.7. The number of aliphatic hydroxyl groups is 1. The minimum absolute atomic E-state index is 0.0307. The normalized spacial score (nSPS) is 21.5. The van der Waals surface area contributed by atoms with Gasteiger partial charge < -0.3 is 23.7 Å². The Bertz CT molecular complexity index is 971. The minimum atomic E-state index is -1.83. The molecule has 0 saturated carbocycles. The van der Waals surface area contributed by atoms with Gasteiger partial charge in [-0.1, -0.05) is 84.2 Å². The van der Waals surface area contributed by atoms with Gasteiger partial charge in [-0.25, -0.2) is 0 Å². The van der Waals surface area contributed by atoms with E-state index in [1.165, 1.54) is 5.56 Å². The Morgan fingerprint density at radius 2 is 1.70 bits per heavy atom. The molecule has 1 aliphatic rings. The van der Waals surface area contributed by atoms with E-state index in [2.05, 4.69) is 99.4 Å². The van der Waals surface area contributed by atoms with Gasteiger partial charge in [0.05, 0.1) is 37.1 Å². The molecule has 1 aliphatic heterocycles. The smallest absolute Gasteiger partial charge is 0.192 e. The molecule has 0 aromatic heterocycles. The molecule has 5 nitrogen and oxygen atoms in total. The van der Waals surface area contributed by atoms with Crippen LogP contribution < -0.4 is 0 Å². The van der Waals surface area contributed by atoms with Gasteiger partial charge in [0.25, 0.3) is 0 Å². The van der Waals surface area contributed by atoms with Crippen LogP contribution in [0.4, 0.5) is 0 Å². The van der Waals surface area contributed by atoms with Crippen LogP contribution in [0.25, 0.3) is 0 Å². The van der Waals surface area contributed by atoms with Crippen molar-refractivity contribution in [1.29, 1.82) is 0 Å². The van der Waals surface area contributed by atoms with Crippen molar-refractivity contribution in [2.75, 3.05) is 6.61 Å². The number of benzene rings is 1. The standard InChI is InChI=1S/C37H64O5Si/c1-12-18-32(42-43(10,11)37(7,8)9)25-31-23-24-35(40-31)29(3)33(38)21-16-17-22-34(41-36(4,5)6)28(2)26-39-27-30-19-14-13-15-20-30/h13-15,19-20,28-29,31-35,38H,12,17-18,22-27H2,1-11H3/t28-,29-,31-,32-,33-,34+,35+/m0/s1. The zero-order chi connectivity index (χ0) is 32.3. The van der Waals surface area contributed by atoms with E-state index in [1.807, 2.05) is 18.2 Å². The van der Waals surface area contributed by atoms with Gasteiger partial charge in [0.1, 0.15) is 6.10 Å². The molecule has 0 unspecified atom stereocenters. The van der Waals surface area contributed by atoms with Crippen LogP contribution in [0.15, 0.2) is 30.3 Å². The monoisotopic (exact) mass is 616 g/mol. The molecule has 0 spiro atoms. The molecule has 1 aromatic carbocycles. The maximum Gasteiger partial charge on any atom is 0.192 e. The van der Waals surface area contributed by atoms with Crippen LogP contribution in [0.2, 0.25) is 18.1 Å². The average Bonchev–Trinajstić information content (AvgIpc) is 3.37. The van der Waals surface area contributed by atoms with Crippen molar-refractivity contribution in [3.8, 4) is 11.8 Å². The summed E-state index contributed by atoms with van der Waals surface area (Å²) in [6.07, 6.45) is 6.37. The van der Waals surface area contributed by atoms with Gasteiger partial charge in [-0.05, 0) is 76.6 Å². The molecule has 43 heavy (non-hydrogen) atoms. The third kappa shape index (κ3) is 13.8. The third-order valence-corrected chi connectivity index (χ3v) is 13.6. The zero-order valence-electron chi connectivity index (χ0n) is 29.4. The lowest BCUT2D eigenvalue weighted by Gasteiger charge is -2.40. The predicted molar refractivity (Wildman–Crippen MR) is 182 cm³/mol. The van der Waals surface area contributed by atoms with Gasteiger partial charge in [-0.3, -0.25) is 0 Å². The number of ether oxygens (including phenoxy) is 3. The largest absolute Gasteiger partial charge is 0.414 e. The lowest BCUT2D eigenvalue weighted by atomic mass is 9.95. The van der Waals surface area contributed by atoms with Gasteiger partial charge in [0.15, 0.2) is 8.32 Å². The maximum absolute atomic E-state index is 10.9. The van der Waals surface area contributed by atoms with Crippen LogP contribution in [0, 0.1) is 23.7 Å². The maximum atomic E-state index is 10.9. The second-order valence-corrected chi connectivity index (χ2v) is 20.1.